The van der Waals surface area contributed by atoms with Gasteiger partial charge in [-0.3, -0.25) is 0 Å². The molecule has 0 unspecified atom stereocenters. The van der Waals surface area contributed by atoms with Gasteiger partial charge in [0.15, 0.2) is 9.84 Å². The third-order valence-electron chi connectivity index (χ3n) is 3.02. The zero-order chi connectivity index (χ0) is 14.1. The Morgan fingerprint density at radius 3 is 2.42 bits per heavy atom. The third-order valence-corrected chi connectivity index (χ3v) is 6.53. The van der Waals surface area contributed by atoms with Crippen molar-refractivity contribution in [2.45, 2.75) is 11.5 Å². The van der Waals surface area contributed by atoms with Crippen molar-refractivity contribution in [2.24, 2.45) is 0 Å². The molecule has 1 fully saturated rings. The molecule has 106 valence electrons. The zero-order valence-corrected chi connectivity index (χ0v) is 11.8. The Bertz CT molecular complexity index is 652. The van der Waals surface area contributed by atoms with Crippen molar-refractivity contribution in [3.63, 3.8) is 0 Å². The van der Waals surface area contributed by atoms with Crippen molar-refractivity contribution in [2.75, 3.05) is 24.6 Å². The molecule has 2 rings (SSSR count). The number of sulfonamides is 1. The predicted octanol–water partition coefficient (Wildman–Crippen LogP) is -0.402. The second-order valence-electron chi connectivity index (χ2n) is 4.36. The maximum Gasteiger partial charge on any atom is 0.243 e. The van der Waals surface area contributed by atoms with Gasteiger partial charge < -0.3 is 5.11 Å². The van der Waals surface area contributed by atoms with Crippen molar-refractivity contribution in [3.8, 4) is 0 Å². The molecule has 0 atom stereocenters. The van der Waals surface area contributed by atoms with Crippen LogP contribution in [0.5, 0.6) is 0 Å². The lowest BCUT2D eigenvalue weighted by atomic mass is 10.2. The molecular weight excluding hydrogens is 290 g/mol. The highest BCUT2D eigenvalue weighted by Gasteiger charge is 2.31. The summed E-state index contributed by atoms with van der Waals surface area (Å²) in [7, 11) is -6.80. The van der Waals surface area contributed by atoms with Gasteiger partial charge in [-0.1, -0.05) is 12.1 Å². The Morgan fingerprint density at radius 2 is 1.84 bits per heavy atom. The Kier molecular flexibility index (Phi) is 3.95. The molecule has 1 aromatic rings. The number of benzene rings is 1. The number of sulfone groups is 1. The van der Waals surface area contributed by atoms with E-state index in [-0.39, 0.29) is 36.1 Å². The Labute approximate surface area is 112 Å². The minimum atomic E-state index is -3.69. The summed E-state index contributed by atoms with van der Waals surface area (Å²) < 4.78 is 48.4. The van der Waals surface area contributed by atoms with Crippen molar-refractivity contribution < 1.29 is 21.9 Å². The molecule has 8 heteroatoms. The molecule has 19 heavy (non-hydrogen) atoms. The van der Waals surface area contributed by atoms with E-state index in [2.05, 4.69) is 0 Å². The van der Waals surface area contributed by atoms with Crippen LogP contribution < -0.4 is 0 Å². The highest BCUT2D eigenvalue weighted by molar-refractivity contribution is 7.92. The first kappa shape index (κ1) is 14.4. The first-order valence-electron chi connectivity index (χ1n) is 5.75. The van der Waals surface area contributed by atoms with Gasteiger partial charge in [-0.15, -0.1) is 0 Å². The Morgan fingerprint density at radius 1 is 1.21 bits per heavy atom. The van der Waals surface area contributed by atoms with Crippen LogP contribution >= 0.6 is 0 Å². The molecule has 1 saturated heterocycles. The van der Waals surface area contributed by atoms with Gasteiger partial charge in [0.05, 0.1) is 23.0 Å². The summed E-state index contributed by atoms with van der Waals surface area (Å²) in [6, 6.07) is 6.02. The van der Waals surface area contributed by atoms with Crippen LogP contribution in [0.1, 0.15) is 5.56 Å². The fraction of sp³-hybridized carbons (Fsp3) is 0.455. The third kappa shape index (κ3) is 3.14. The van der Waals surface area contributed by atoms with E-state index in [9.17, 15) is 16.8 Å². The van der Waals surface area contributed by atoms with E-state index >= 15 is 0 Å². The maximum atomic E-state index is 12.3. The summed E-state index contributed by atoms with van der Waals surface area (Å²) in [6.07, 6.45) is 0. The summed E-state index contributed by atoms with van der Waals surface area (Å²) in [5, 5.41) is 9.02. The molecule has 1 aromatic carbocycles. The summed E-state index contributed by atoms with van der Waals surface area (Å²) in [4.78, 5) is 0.0818. The van der Waals surface area contributed by atoms with E-state index in [0.29, 0.717) is 5.56 Å². The molecule has 1 heterocycles. The van der Waals surface area contributed by atoms with E-state index in [1.807, 2.05) is 0 Å². The lowest BCUT2D eigenvalue weighted by Gasteiger charge is -2.26. The van der Waals surface area contributed by atoms with Crippen molar-refractivity contribution >= 4 is 19.9 Å². The quantitative estimate of drug-likeness (QED) is 0.820. The number of nitrogens with zero attached hydrogens (tertiary/aromatic N) is 1. The molecular formula is C11H15NO5S2. The van der Waals surface area contributed by atoms with Crippen LogP contribution in [0, 0.1) is 0 Å². The van der Waals surface area contributed by atoms with Crippen LogP contribution in [-0.4, -0.2) is 50.8 Å². The lowest BCUT2D eigenvalue weighted by Crippen LogP contribution is -2.43. The van der Waals surface area contributed by atoms with E-state index in [1.165, 1.54) is 16.4 Å². The fourth-order valence-electron chi connectivity index (χ4n) is 1.89. The van der Waals surface area contributed by atoms with Gasteiger partial charge >= 0.3 is 0 Å². The predicted molar refractivity (Wildman–Crippen MR) is 69.8 cm³/mol. The molecule has 0 aliphatic carbocycles. The van der Waals surface area contributed by atoms with Crippen LogP contribution in [0.4, 0.5) is 0 Å². The van der Waals surface area contributed by atoms with Gasteiger partial charge in [0.25, 0.3) is 0 Å². The van der Waals surface area contributed by atoms with E-state index in [0.717, 1.165) is 0 Å². The molecule has 0 bridgehead atoms. The molecule has 6 nitrogen and oxygen atoms in total. The molecule has 0 aromatic heterocycles. The number of hydrogen-bond donors (Lipinski definition) is 1. The Balaban J connectivity index is 2.28. The molecule has 0 amide bonds. The summed E-state index contributed by atoms with van der Waals surface area (Å²) >= 11 is 0. The van der Waals surface area contributed by atoms with E-state index in [4.69, 9.17) is 5.11 Å². The molecule has 1 aliphatic heterocycles. The van der Waals surface area contributed by atoms with E-state index in [1.54, 1.807) is 12.1 Å². The first-order chi connectivity index (χ1) is 8.85. The smallest absolute Gasteiger partial charge is 0.243 e. The van der Waals surface area contributed by atoms with Crippen molar-refractivity contribution in [1.82, 2.24) is 4.31 Å². The highest BCUT2D eigenvalue weighted by atomic mass is 32.2. The van der Waals surface area contributed by atoms with Crippen molar-refractivity contribution in [1.29, 1.82) is 0 Å². The second-order valence-corrected chi connectivity index (χ2v) is 8.60. The largest absolute Gasteiger partial charge is 0.392 e. The maximum absolute atomic E-state index is 12.3. The average Bonchev–Trinajstić information content (AvgIpc) is 2.38. The summed E-state index contributed by atoms with van der Waals surface area (Å²) in [5.41, 5.74) is 0.505. The number of aliphatic hydroxyl groups is 1. The van der Waals surface area contributed by atoms with Gasteiger partial charge in [-0.05, 0) is 17.7 Å². The monoisotopic (exact) mass is 305 g/mol. The first-order valence-corrected chi connectivity index (χ1v) is 9.02. The summed E-state index contributed by atoms with van der Waals surface area (Å²) in [5.74, 6) is -0.294. The minimum Gasteiger partial charge on any atom is -0.392 e. The standard InChI is InChI=1S/C11H15NO5S2/c13-9-10-2-1-3-11(8-10)19(16,17)12-4-6-18(14,15)7-5-12/h1-3,8,13H,4-7,9H2. The molecule has 0 saturated carbocycles. The second kappa shape index (κ2) is 5.20. The molecule has 0 spiro atoms. The SMILES string of the molecule is O=S1(=O)CCN(S(=O)(=O)c2cccc(CO)c2)CC1. The van der Waals surface area contributed by atoms with Gasteiger partial charge in [0.2, 0.25) is 10.0 Å². The lowest BCUT2D eigenvalue weighted by molar-refractivity contribution is 0.281. The Hall–Kier alpha value is -0.960. The van der Waals surface area contributed by atoms with Crippen LogP contribution in [0.2, 0.25) is 0 Å². The van der Waals surface area contributed by atoms with E-state index < -0.39 is 19.9 Å². The van der Waals surface area contributed by atoms with Gasteiger partial charge in [-0.2, -0.15) is 4.31 Å². The van der Waals surface area contributed by atoms with Crippen LogP contribution in [0.3, 0.4) is 0 Å². The minimum absolute atomic E-state index is 0.0198. The fourth-order valence-corrected chi connectivity index (χ4v) is 4.83. The van der Waals surface area contributed by atoms with Crippen LogP contribution in [0.25, 0.3) is 0 Å². The number of hydrogen-bond acceptors (Lipinski definition) is 5. The normalized spacial score (nSPS) is 20.3. The van der Waals surface area contributed by atoms with Gasteiger partial charge in [0.1, 0.15) is 0 Å². The number of rotatable bonds is 3. The summed E-state index contributed by atoms with van der Waals surface area (Å²) in [6.45, 7) is -0.278. The number of aliphatic hydroxyl groups excluding tert-OH is 1. The topological polar surface area (TPSA) is 91.8 Å². The average molecular weight is 305 g/mol. The molecule has 0 radical (unpaired) electrons. The molecule has 1 aliphatic rings. The zero-order valence-electron chi connectivity index (χ0n) is 10.2. The van der Waals surface area contributed by atoms with Crippen LogP contribution in [-0.2, 0) is 26.5 Å². The highest BCUT2D eigenvalue weighted by Crippen LogP contribution is 2.19. The van der Waals surface area contributed by atoms with Crippen molar-refractivity contribution in [3.05, 3.63) is 29.8 Å². The van der Waals surface area contributed by atoms with Gasteiger partial charge in [-0.25, -0.2) is 16.8 Å². The molecule has 1 N–H and O–H groups in total. The van der Waals surface area contributed by atoms with Gasteiger partial charge in [0, 0.05) is 13.1 Å². The van der Waals surface area contributed by atoms with Crippen LogP contribution in [0.15, 0.2) is 29.2 Å².